The number of hydrogen-bond acceptors (Lipinski definition) is 2. The van der Waals surface area contributed by atoms with Crippen molar-refractivity contribution in [3.8, 4) is 5.75 Å². The predicted octanol–water partition coefficient (Wildman–Crippen LogP) is 2.36. The van der Waals surface area contributed by atoms with Gasteiger partial charge in [0, 0.05) is 11.3 Å². The fourth-order valence-electron chi connectivity index (χ4n) is 2.70. The number of carbonyl (C=O) groups excluding carboxylic acids is 1. The van der Waals surface area contributed by atoms with Crippen LogP contribution in [0, 0.1) is 13.8 Å². The van der Waals surface area contributed by atoms with E-state index in [0.717, 1.165) is 28.4 Å². The van der Waals surface area contributed by atoms with Crippen molar-refractivity contribution in [3.05, 3.63) is 59.2 Å². The van der Waals surface area contributed by atoms with Crippen molar-refractivity contribution in [2.75, 3.05) is 25.5 Å². The van der Waals surface area contributed by atoms with Crippen LogP contribution in [0.5, 0.6) is 5.75 Å². The summed E-state index contributed by atoms with van der Waals surface area (Å²) in [5, 5.41) is 3.00. The maximum Gasteiger partial charge on any atom is 0.279 e. The first-order chi connectivity index (χ1) is 11.5. The zero-order valence-electron chi connectivity index (χ0n) is 15.0. The van der Waals surface area contributed by atoms with Crippen LogP contribution in [-0.4, -0.2) is 26.1 Å². The Hall–Kier alpha value is -2.33. The van der Waals surface area contributed by atoms with E-state index < -0.39 is 0 Å². The Labute approximate surface area is 144 Å². The molecule has 24 heavy (non-hydrogen) atoms. The monoisotopic (exact) mass is 327 g/mol. The average Bonchev–Trinajstić information content (AvgIpc) is 2.52. The normalized spacial score (nSPS) is 11.8. The summed E-state index contributed by atoms with van der Waals surface area (Å²) >= 11 is 0. The molecule has 2 N–H and O–H groups in total. The molecular weight excluding hydrogens is 300 g/mol. The predicted molar refractivity (Wildman–Crippen MR) is 97.6 cm³/mol. The lowest BCUT2D eigenvalue weighted by Gasteiger charge is -2.15. The van der Waals surface area contributed by atoms with E-state index in [1.807, 2.05) is 52.1 Å². The van der Waals surface area contributed by atoms with Crippen molar-refractivity contribution < 1.29 is 14.4 Å². The van der Waals surface area contributed by atoms with Crippen molar-refractivity contribution in [1.82, 2.24) is 0 Å². The molecule has 2 aromatic rings. The van der Waals surface area contributed by atoms with Gasteiger partial charge in [-0.05, 0) is 56.7 Å². The lowest BCUT2D eigenvalue weighted by Crippen LogP contribution is -3.08. The summed E-state index contributed by atoms with van der Waals surface area (Å²) in [6.45, 7) is 7.93. The van der Waals surface area contributed by atoms with Crippen molar-refractivity contribution in [2.45, 2.75) is 27.3 Å². The van der Waals surface area contributed by atoms with Gasteiger partial charge in [0.25, 0.3) is 5.91 Å². The highest BCUT2D eigenvalue weighted by atomic mass is 16.5. The van der Waals surface area contributed by atoms with Gasteiger partial charge in [-0.1, -0.05) is 17.7 Å². The SMILES string of the molecule is CCOc1ccc(C[NH+](C)CC(=O)Nc2ccc(C)cc2C)cc1. The number of nitrogens with one attached hydrogen (secondary N) is 2. The number of ether oxygens (including phenoxy) is 1. The summed E-state index contributed by atoms with van der Waals surface area (Å²) in [5.74, 6) is 0.914. The molecule has 0 radical (unpaired) electrons. The van der Waals surface area contributed by atoms with E-state index in [0.29, 0.717) is 13.2 Å². The van der Waals surface area contributed by atoms with E-state index >= 15 is 0 Å². The molecule has 0 aromatic heterocycles. The van der Waals surface area contributed by atoms with Crippen LogP contribution in [0.4, 0.5) is 5.69 Å². The van der Waals surface area contributed by atoms with Crippen LogP contribution in [0.3, 0.4) is 0 Å². The number of anilines is 1. The van der Waals surface area contributed by atoms with Gasteiger partial charge in [0.05, 0.1) is 13.7 Å². The minimum Gasteiger partial charge on any atom is -0.494 e. The van der Waals surface area contributed by atoms with Crippen LogP contribution in [0.1, 0.15) is 23.6 Å². The average molecular weight is 327 g/mol. The van der Waals surface area contributed by atoms with Gasteiger partial charge in [0.2, 0.25) is 0 Å². The lowest BCUT2D eigenvalue weighted by atomic mass is 10.1. The van der Waals surface area contributed by atoms with E-state index in [1.54, 1.807) is 0 Å². The maximum atomic E-state index is 12.2. The first-order valence-corrected chi connectivity index (χ1v) is 8.38. The first-order valence-electron chi connectivity index (χ1n) is 8.38. The number of amides is 1. The van der Waals surface area contributed by atoms with E-state index in [-0.39, 0.29) is 5.91 Å². The lowest BCUT2D eigenvalue weighted by molar-refractivity contribution is -0.885. The van der Waals surface area contributed by atoms with Crippen molar-refractivity contribution in [1.29, 1.82) is 0 Å². The highest BCUT2D eigenvalue weighted by Gasteiger charge is 2.12. The standard InChI is InChI=1S/C20H26N2O2/c1-5-24-18-9-7-17(8-10-18)13-22(4)14-20(23)21-19-11-6-15(2)12-16(19)3/h6-12H,5,13-14H2,1-4H3,(H,21,23)/p+1. The minimum atomic E-state index is 0.0328. The van der Waals surface area contributed by atoms with Gasteiger partial charge in [-0.25, -0.2) is 0 Å². The summed E-state index contributed by atoms with van der Waals surface area (Å²) in [6.07, 6.45) is 0. The highest BCUT2D eigenvalue weighted by Crippen LogP contribution is 2.15. The molecule has 0 bridgehead atoms. The highest BCUT2D eigenvalue weighted by molar-refractivity contribution is 5.92. The Bertz CT molecular complexity index is 681. The second-order valence-corrected chi connectivity index (χ2v) is 6.25. The molecule has 0 spiro atoms. The van der Waals surface area contributed by atoms with E-state index in [4.69, 9.17) is 4.74 Å². The zero-order valence-corrected chi connectivity index (χ0v) is 15.0. The molecule has 0 aliphatic carbocycles. The van der Waals surface area contributed by atoms with E-state index in [2.05, 4.69) is 23.5 Å². The van der Waals surface area contributed by atoms with Gasteiger partial charge in [0.15, 0.2) is 6.54 Å². The molecule has 0 heterocycles. The Morgan fingerprint density at radius 3 is 2.46 bits per heavy atom. The second-order valence-electron chi connectivity index (χ2n) is 6.25. The van der Waals surface area contributed by atoms with Crippen LogP contribution in [0.15, 0.2) is 42.5 Å². The van der Waals surface area contributed by atoms with Crippen LogP contribution in [0.25, 0.3) is 0 Å². The molecule has 128 valence electrons. The van der Waals surface area contributed by atoms with Gasteiger partial charge >= 0.3 is 0 Å². The molecule has 1 amide bonds. The quantitative estimate of drug-likeness (QED) is 0.820. The molecule has 0 saturated carbocycles. The van der Waals surface area contributed by atoms with Crippen molar-refractivity contribution in [2.24, 2.45) is 0 Å². The maximum absolute atomic E-state index is 12.2. The Balaban J connectivity index is 1.86. The van der Waals surface area contributed by atoms with Crippen LogP contribution in [0.2, 0.25) is 0 Å². The molecule has 2 rings (SSSR count). The Morgan fingerprint density at radius 2 is 1.83 bits per heavy atom. The van der Waals surface area contributed by atoms with Gasteiger partial charge in [-0.2, -0.15) is 0 Å². The largest absolute Gasteiger partial charge is 0.494 e. The smallest absolute Gasteiger partial charge is 0.279 e. The van der Waals surface area contributed by atoms with Gasteiger partial charge in [-0.15, -0.1) is 0 Å². The molecule has 2 aromatic carbocycles. The second kappa shape index (κ2) is 8.50. The summed E-state index contributed by atoms with van der Waals surface area (Å²) < 4.78 is 5.45. The van der Waals surface area contributed by atoms with Gasteiger partial charge in [-0.3, -0.25) is 4.79 Å². The fourth-order valence-corrected chi connectivity index (χ4v) is 2.70. The molecule has 1 unspecified atom stereocenters. The van der Waals surface area contributed by atoms with Crippen LogP contribution < -0.4 is 15.0 Å². The summed E-state index contributed by atoms with van der Waals surface area (Å²) in [4.78, 5) is 13.4. The van der Waals surface area contributed by atoms with Crippen LogP contribution >= 0.6 is 0 Å². The third-order valence-electron chi connectivity index (χ3n) is 3.86. The first kappa shape index (κ1) is 18.0. The van der Waals surface area contributed by atoms with E-state index in [9.17, 15) is 4.79 Å². The fraction of sp³-hybridized carbons (Fsp3) is 0.350. The molecule has 4 nitrogen and oxygen atoms in total. The van der Waals surface area contributed by atoms with E-state index in [1.165, 1.54) is 11.1 Å². The topological polar surface area (TPSA) is 42.8 Å². The minimum absolute atomic E-state index is 0.0328. The molecule has 0 aliphatic rings. The number of likely N-dealkylation sites (N-methyl/N-ethyl adjacent to an activating group) is 1. The van der Waals surface area contributed by atoms with Crippen LogP contribution in [-0.2, 0) is 11.3 Å². The number of quaternary nitrogens is 1. The zero-order chi connectivity index (χ0) is 17.5. The molecular formula is C20H27N2O2+. The number of rotatable bonds is 7. The van der Waals surface area contributed by atoms with Crippen molar-refractivity contribution >= 4 is 11.6 Å². The number of aryl methyl sites for hydroxylation is 2. The Morgan fingerprint density at radius 1 is 1.12 bits per heavy atom. The molecule has 0 saturated heterocycles. The molecule has 0 aliphatic heterocycles. The number of hydrogen-bond donors (Lipinski definition) is 2. The van der Waals surface area contributed by atoms with Crippen molar-refractivity contribution in [3.63, 3.8) is 0 Å². The number of benzene rings is 2. The molecule has 1 atom stereocenters. The summed E-state index contributed by atoms with van der Waals surface area (Å²) in [7, 11) is 2.03. The number of carbonyl (C=O) groups is 1. The van der Waals surface area contributed by atoms with Gasteiger partial charge < -0.3 is 15.0 Å². The summed E-state index contributed by atoms with van der Waals surface area (Å²) in [6, 6.07) is 14.1. The third-order valence-corrected chi connectivity index (χ3v) is 3.86. The molecule has 4 heteroatoms. The van der Waals surface area contributed by atoms with Gasteiger partial charge in [0.1, 0.15) is 12.3 Å². The Kier molecular flexibility index (Phi) is 6.38. The molecule has 0 fully saturated rings. The third kappa shape index (κ3) is 5.39. The summed E-state index contributed by atoms with van der Waals surface area (Å²) in [5.41, 5.74) is 4.37.